The van der Waals surface area contributed by atoms with Gasteiger partial charge in [0, 0.05) is 25.2 Å². The van der Waals surface area contributed by atoms with E-state index in [-0.39, 0.29) is 17.7 Å². The van der Waals surface area contributed by atoms with Crippen LogP contribution in [0.4, 0.5) is 5.82 Å². The molecular weight excluding hydrogens is 376 g/mol. The highest BCUT2D eigenvalue weighted by atomic mass is 16.3. The van der Waals surface area contributed by atoms with Crippen LogP contribution in [0.3, 0.4) is 0 Å². The van der Waals surface area contributed by atoms with Gasteiger partial charge in [-0.2, -0.15) is 4.98 Å². The van der Waals surface area contributed by atoms with E-state index < -0.39 is 0 Å². The maximum Gasteiger partial charge on any atom is 0.231 e. The van der Waals surface area contributed by atoms with Crippen LogP contribution in [0.5, 0.6) is 0 Å². The highest BCUT2D eigenvalue weighted by Gasteiger charge is 2.29. The number of fused-ring (bicyclic) bond motifs is 1. The Morgan fingerprint density at radius 1 is 1.23 bits per heavy atom. The molecular formula is C24H30N4O2. The predicted octanol–water partition coefficient (Wildman–Crippen LogP) is 4.28. The van der Waals surface area contributed by atoms with Gasteiger partial charge in [-0.15, -0.1) is 0 Å². The molecule has 2 aromatic heterocycles. The van der Waals surface area contributed by atoms with E-state index in [0.29, 0.717) is 24.6 Å². The fraction of sp³-hybridized carbons (Fsp3) is 0.458. The Morgan fingerprint density at radius 2 is 2.00 bits per heavy atom. The summed E-state index contributed by atoms with van der Waals surface area (Å²) < 4.78 is 5.84. The summed E-state index contributed by atoms with van der Waals surface area (Å²) in [6.45, 7) is 10.2. The zero-order chi connectivity index (χ0) is 21.3. The molecule has 0 bridgehead atoms. The average Bonchev–Trinajstić information content (AvgIpc) is 3.05. The van der Waals surface area contributed by atoms with Crippen molar-refractivity contribution in [3.05, 3.63) is 53.0 Å². The molecule has 0 saturated carbocycles. The van der Waals surface area contributed by atoms with Gasteiger partial charge >= 0.3 is 0 Å². The first-order valence-electron chi connectivity index (χ1n) is 10.8. The summed E-state index contributed by atoms with van der Waals surface area (Å²) in [4.78, 5) is 24.3. The number of nitrogens with zero attached hydrogens (tertiary/aromatic N) is 3. The molecule has 1 aliphatic rings. The van der Waals surface area contributed by atoms with Crippen LogP contribution >= 0.6 is 0 Å². The molecule has 4 rings (SSSR count). The maximum atomic E-state index is 12.9. The molecule has 1 aliphatic heterocycles. The number of piperidine rings is 1. The first-order chi connectivity index (χ1) is 14.4. The van der Waals surface area contributed by atoms with Gasteiger partial charge in [0.2, 0.25) is 11.6 Å². The highest BCUT2D eigenvalue weighted by molar-refractivity contribution is 5.90. The van der Waals surface area contributed by atoms with Crippen molar-refractivity contribution >= 4 is 22.8 Å². The Labute approximate surface area is 177 Å². The summed E-state index contributed by atoms with van der Waals surface area (Å²) in [6.07, 6.45) is 1.87. The number of carbonyl (C=O) groups excluding carboxylic acids is 1. The van der Waals surface area contributed by atoms with Crippen LogP contribution in [-0.4, -0.2) is 35.5 Å². The average molecular weight is 407 g/mol. The minimum absolute atomic E-state index is 0.0413. The van der Waals surface area contributed by atoms with E-state index >= 15 is 0 Å². The Bertz CT molecular complexity index is 1040. The minimum atomic E-state index is -0.0413. The molecule has 6 heteroatoms. The van der Waals surface area contributed by atoms with Gasteiger partial charge in [0.25, 0.3) is 0 Å². The van der Waals surface area contributed by atoms with E-state index in [1.807, 2.05) is 39.0 Å². The van der Waals surface area contributed by atoms with Gasteiger partial charge in [-0.05, 0) is 45.1 Å². The third-order valence-electron chi connectivity index (χ3n) is 6.16. The first kappa shape index (κ1) is 20.4. The number of hydrogen-bond donors (Lipinski definition) is 1. The molecule has 0 aliphatic carbocycles. The second kappa shape index (κ2) is 8.46. The van der Waals surface area contributed by atoms with E-state index in [1.165, 1.54) is 5.56 Å². The Hall–Kier alpha value is -2.89. The lowest BCUT2D eigenvalue weighted by Crippen LogP contribution is -2.44. The molecule has 1 fully saturated rings. The Morgan fingerprint density at radius 3 is 2.77 bits per heavy atom. The fourth-order valence-electron chi connectivity index (χ4n) is 4.24. The van der Waals surface area contributed by atoms with E-state index in [2.05, 4.69) is 34.3 Å². The van der Waals surface area contributed by atoms with Crippen molar-refractivity contribution in [3.63, 3.8) is 0 Å². The molecule has 0 spiro atoms. The molecule has 30 heavy (non-hydrogen) atoms. The van der Waals surface area contributed by atoms with Crippen LogP contribution in [0.2, 0.25) is 0 Å². The number of amides is 1. The number of hydrogen-bond acceptors (Lipinski definition) is 5. The first-order valence-corrected chi connectivity index (χ1v) is 10.8. The molecule has 158 valence electrons. The Balaban J connectivity index is 1.47. The van der Waals surface area contributed by atoms with Crippen molar-refractivity contribution in [2.24, 2.45) is 5.92 Å². The molecule has 1 saturated heterocycles. The number of carbonyl (C=O) groups is 1. The normalized spacial score (nSPS) is 17.9. The molecule has 2 unspecified atom stereocenters. The van der Waals surface area contributed by atoms with Gasteiger partial charge in [-0.25, -0.2) is 4.98 Å². The monoisotopic (exact) mass is 406 g/mol. The largest absolute Gasteiger partial charge is 0.443 e. The molecule has 2 atom stereocenters. The van der Waals surface area contributed by atoms with Crippen LogP contribution in [0.1, 0.15) is 48.4 Å². The van der Waals surface area contributed by atoms with Crippen molar-refractivity contribution in [3.8, 4) is 0 Å². The maximum absolute atomic E-state index is 12.9. The van der Waals surface area contributed by atoms with Gasteiger partial charge in [-0.1, -0.05) is 37.3 Å². The van der Waals surface area contributed by atoms with Crippen LogP contribution < -0.4 is 10.2 Å². The summed E-state index contributed by atoms with van der Waals surface area (Å²) in [6, 6.07) is 10.3. The van der Waals surface area contributed by atoms with Crippen molar-refractivity contribution < 1.29 is 9.21 Å². The molecule has 0 radical (unpaired) electrons. The summed E-state index contributed by atoms with van der Waals surface area (Å²) in [5.41, 5.74) is 2.95. The smallest absolute Gasteiger partial charge is 0.231 e. The Kier molecular flexibility index (Phi) is 5.75. The SMILES string of the molecule is Cc1nc(N2CCCC(C(=O)NCC(C)c3ccccc3)C2)c2c(C)c(C)oc2n1. The molecule has 1 N–H and O–H groups in total. The summed E-state index contributed by atoms with van der Waals surface area (Å²) in [7, 11) is 0. The second-order valence-electron chi connectivity index (χ2n) is 8.40. The van der Waals surface area contributed by atoms with Crippen LogP contribution in [0.25, 0.3) is 11.1 Å². The molecule has 6 nitrogen and oxygen atoms in total. The van der Waals surface area contributed by atoms with Crippen molar-refractivity contribution in [1.82, 2.24) is 15.3 Å². The molecule has 1 aromatic carbocycles. The highest BCUT2D eigenvalue weighted by Crippen LogP contribution is 2.33. The topological polar surface area (TPSA) is 71.3 Å². The quantitative estimate of drug-likeness (QED) is 0.685. The van der Waals surface area contributed by atoms with Gasteiger partial charge in [0.05, 0.1) is 11.3 Å². The summed E-state index contributed by atoms with van der Waals surface area (Å²) in [5, 5.41) is 4.14. The van der Waals surface area contributed by atoms with Gasteiger partial charge in [-0.3, -0.25) is 4.79 Å². The number of aromatic nitrogens is 2. The van der Waals surface area contributed by atoms with Gasteiger partial charge in [0.15, 0.2) is 0 Å². The van der Waals surface area contributed by atoms with Crippen molar-refractivity contribution in [2.45, 2.75) is 46.5 Å². The van der Waals surface area contributed by atoms with E-state index in [9.17, 15) is 4.79 Å². The lowest BCUT2D eigenvalue weighted by molar-refractivity contribution is -0.125. The van der Waals surface area contributed by atoms with Gasteiger partial charge < -0.3 is 14.6 Å². The van der Waals surface area contributed by atoms with Crippen LogP contribution in [-0.2, 0) is 4.79 Å². The third-order valence-corrected chi connectivity index (χ3v) is 6.16. The van der Waals surface area contributed by atoms with Crippen molar-refractivity contribution in [1.29, 1.82) is 0 Å². The van der Waals surface area contributed by atoms with E-state index in [0.717, 1.165) is 41.9 Å². The van der Waals surface area contributed by atoms with E-state index in [1.54, 1.807) is 0 Å². The number of furan rings is 1. The second-order valence-corrected chi connectivity index (χ2v) is 8.40. The zero-order valence-corrected chi connectivity index (χ0v) is 18.2. The number of anilines is 1. The van der Waals surface area contributed by atoms with E-state index in [4.69, 9.17) is 9.40 Å². The standard InChI is InChI=1S/C24H30N4O2/c1-15(19-9-6-5-7-10-19)13-25-23(29)20-11-8-12-28(14-20)22-21-16(2)17(3)30-24(21)27-18(4)26-22/h5-7,9-10,15,20H,8,11-14H2,1-4H3,(H,25,29). The summed E-state index contributed by atoms with van der Waals surface area (Å²) >= 11 is 0. The number of rotatable bonds is 5. The predicted molar refractivity (Wildman–Crippen MR) is 119 cm³/mol. The van der Waals surface area contributed by atoms with Crippen molar-refractivity contribution in [2.75, 3.05) is 24.5 Å². The number of aryl methyl sites for hydroxylation is 3. The third kappa shape index (κ3) is 4.04. The lowest BCUT2D eigenvalue weighted by atomic mass is 9.96. The molecule has 3 heterocycles. The fourth-order valence-corrected chi connectivity index (χ4v) is 4.24. The minimum Gasteiger partial charge on any atom is -0.443 e. The van der Waals surface area contributed by atoms with Gasteiger partial charge in [0.1, 0.15) is 17.4 Å². The lowest BCUT2D eigenvalue weighted by Gasteiger charge is -2.33. The molecule has 3 aromatic rings. The number of nitrogens with one attached hydrogen (secondary N) is 1. The zero-order valence-electron chi connectivity index (χ0n) is 18.2. The van der Waals surface area contributed by atoms with Crippen LogP contribution in [0.15, 0.2) is 34.7 Å². The number of benzene rings is 1. The molecule has 1 amide bonds. The summed E-state index contributed by atoms with van der Waals surface area (Å²) in [5.74, 6) is 2.82. The van der Waals surface area contributed by atoms with Crippen LogP contribution in [0, 0.1) is 26.7 Å².